The second kappa shape index (κ2) is 8.15. The Hall–Kier alpha value is -2.35. The zero-order valence-corrected chi connectivity index (χ0v) is 14.7. The molecular formula is C17H17F2NO4S. The van der Waals surface area contributed by atoms with E-state index in [1.54, 1.807) is 19.9 Å². The molecule has 1 aromatic heterocycles. The first-order chi connectivity index (χ1) is 11.8. The molecular weight excluding hydrogens is 352 g/mol. The van der Waals surface area contributed by atoms with Crippen molar-refractivity contribution in [2.24, 2.45) is 0 Å². The van der Waals surface area contributed by atoms with E-state index < -0.39 is 23.7 Å². The van der Waals surface area contributed by atoms with Crippen LogP contribution in [0.4, 0.5) is 14.5 Å². The number of benzene rings is 1. The van der Waals surface area contributed by atoms with Gasteiger partial charge in [0.2, 0.25) is 0 Å². The summed E-state index contributed by atoms with van der Waals surface area (Å²) >= 11 is 0.417. The van der Waals surface area contributed by atoms with Crippen LogP contribution >= 0.6 is 11.8 Å². The number of hydrogen-bond acceptors (Lipinski definition) is 5. The van der Waals surface area contributed by atoms with E-state index >= 15 is 0 Å². The van der Waals surface area contributed by atoms with Gasteiger partial charge < -0.3 is 14.5 Å². The van der Waals surface area contributed by atoms with Gasteiger partial charge in [-0.15, -0.1) is 0 Å². The van der Waals surface area contributed by atoms with E-state index in [1.165, 1.54) is 31.2 Å². The average molecular weight is 369 g/mol. The number of alkyl halides is 2. The van der Waals surface area contributed by atoms with Crippen molar-refractivity contribution >= 4 is 29.3 Å². The zero-order chi connectivity index (χ0) is 18.6. The van der Waals surface area contributed by atoms with Crippen LogP contribution in [0, 0.1) is 13.8 Å². The predicted octanol–water partition coefficient (Wildman–Crippen LogP) is 4.40. The maximum atomic E-state index is 12.3. The molecule has 25 heavy (non-hydrogen) atoms. The fraction of sp³-hybridized carbons (Fsp3) is 0.294. The van der Waals surface area contributed by atoms with E-state index in [0.717, 1.165) is 0 Å². The molecule has 1 aromatic carbocycles. The van der Waals surface area contributed by atoms with Gasteiger partial charge in [-0.05, 0) is 51.1 Å². The minimum absolute atomic E-state index is 0.269. The Morgan fingerprint density at radius 2 is 1.84 bits per heavy atom. The lowest BCUT2D eigenvalue weighted by Crippen LogP contribution is -2.30. The number of anilines is 1. The highest BCUT2D eigenvalue weighted by atomic mass is 32.2. The molecule has 0 radical (unpaired) electrons. The van der Waals surface area contributed by atoms with Crippen LogP contribution in [-0.4, -0.2) is 23.7 Å². The molecule has 1 amide bonds. The van der Waals surface area contributed by atoms with Gasteiger partial charge in [0.05, 0.1) is 0 Å². The van der Waals surface area contributed by atoms with Crippen molar-refractivity contribution in [1.29, 1.82) is 0 Å². The summed E-state index contributed by atoms with van der Waals surface area (Å²) in [5, 5.41) is 2.56. The first-order valence-corrected chi connectivity index (χ1v) is 8.28. The summed E-state index contributed by atoms with van der Waals surface area (Å²) in [7, 11) is 0. The second-order valence-corrected chi connectivity index (χ2v) is 6.33. The minimum Gasteiger partial charge on any atom is -0.466 e. The van der Waals surface area contributed by atoms with E-state index in [4.69, 9.17) is 9.15 Å². The van der Waals surface area contributed by atoms with E-state index in [-0.39, 0.29) is 5.56 Å². The van der Waals surface area contributed by atoms with Crippen molar-refractivity contribution in [2.75, 3.05) is 5.32 Å². The SMILES string of the molecule is Cc1cc(C(=O)OC(C)C(=O)Nc2ccc(SC(F)F)cc2)c(C)o1. The van der Waals surface area contributed by atoms with Gasteiger partial charge in [-0.3, -0.25) is 4.79 Å². The molecule has 134 valence electrons. The predicted molar refractivity (Wildman–Crippen MR) is 90.0 cm³/mol. The molecule has 0 saturated carbocycles. The first-order valence-electron chi connectivity index (χ1n) is 7.40. The van der Waals surface area contributed by atoms with Crippen LogP contribution in [0.25, 0.3) is 0 Å². The summed E-state index contributed by atoms with van der Waals surface area (Å²) in [6.07, 6.45) is -1.03. The smallest absolute Gasteiger partial charge is 0.342 e. The lowest BCUT2D eigenvalue weighted by Gasteiger charge is -2.13. The Balaban J connectivity index is 1.93. The number of carbonyl (C=O) groups excluding carboxylic acids is 2. The number of ether oxygens (including phenoxy) is 1. The zero-order valence-electron chi connectivity index (χ0n) is 13.8. The molecule has 0 aliphatic heterocycles. The van der Waals surface area contributed by atoms with Crippen LogP contribution in [0.3, 0.4) is 0 Å². The number of rotatable bonds is 6. The van der Waals surface area contributed by atoms with Gasteiger partial charge in [0.15, 0.2) is 6.10 Å². The van der Waals surface area contributed by atoms with Crippen LogP contribution in [0.2, 0.25) is 0 Å². The molecule has 0 aliphatic rings. The summed E-state index contributed by atoms with van der Waals surface area (Å²) in [5.74, 6) is -2.69. The Morgan fingerprint density at radius 3 is 2.36 bits per heavy atom. The molecule has 8 heteroatoms. The summed E-state index contributed by atoms with van der Waals surface area (Å²) in [6, 6.07) is 7.49. The molecule has 1 N–H and O–H groups in total. The fourth-order valence-corrected chi connectivity index (χ4v) is 2.57. The number of carbonyl (C=O) groups is 2. The standard InChI is InChI=1S/C17H17F2NO4S/c1-9-8-14(10(2)23-9)16(22)24-11(3)15(21)20-12-4-6-13(7-5-12)25-17(18)19/h4-8,11,17H,1-3H3,(H,20,21). The Kier molecular flexibility index (Phi) is 6.19. The van der Waals surface area contributed by atoms with Crippen LogP contribution in [0.5, 0.6) is 0 Å². The monoisotopic (exact) mass is 369 g/mol. The van der Waals surface area contributed by atoms with Crippen LogP contribution in [0.15, 0.2) is 39.6 Å². The van der Waals surface area contributed by atoms with Gasteiger partial charge in [-0.2, -0.15) is 8.78 Å². The van der Waals surface area contributed by atoms with Crippen molar-refractivity contribution in [3.63, 3.8) is 0 Å². The Morgan fingerprint density at radius 1 is 1.20 bits per heavy atom. The number of halogens is 2. The fourth-order valence-electron chi connectivity index (χ4n) is 2.07. The van der Waals surface area contributed by atoms with Crippen molar-refractivity contribution in [1.82, 2.24) is 0 Å². The molecule has 0 spiro atoms. The summed E-state index contributed by atoms with van der Waals surface area (Å²) < 4.78 is 34.9. The van der Waals surface area contributed by atoms with E-state index in [9.17, 15) is 18.4 Å². The van der Waals surface area contributed by atoms with Crippen LogP contribution in [0.1, 0.15) is 28.8 Å². The van der Waals surface area contributed by atoms with Crippen molar-refractivity contribution in [2.45, 2.75) is 37.5 Å². The normalized spacial score (nSPS) is 12.1. The molecule has 0 fully saturated rings. The van der Waals surface area contributed by atoms with Gasteiger partial charge in [0, 0.05) is 10.6 Å². The van der Waals surface area contributed by atoms with Crippen molar-refractivity contribution < 1.29 is 27.5 Å². The van der Waals surface area contributed by atoms with E-state index in [0.29, 0.717) is 33.9 Å². The molecule has 1 heterocycles. The van der Waals surface area contributed by atoms with Crippen LogP contribution in [-0.2, 0) is 9.53 Å². The number of esters is 1. The Bertz CT molecular complexity index is 759. The minimum atomic E-state index is -2.50. The molecule has 1 atom stereocenters. The third kappa shape index (κ3) is 5.32. The highest BCUT2D eigenvalue weighted by Gasteiger charge is 2.22. The molecule has 1 unspecified atom stereocenters. The highest BCUT2D eigenvalue weighted by Crippen LogP contribution is 2.26. The number of nitrogens with one attached hydrogen (secondary N) is 1. The maximum Gasteiger partial charge on any atom is 0.342 e. The lowest BCUT2D eigenvalue weighted by molar-refractivity contribution is -0.123. The van der Waals surface area contributed by atoms with Crippen LogP contribution < -0.4 is 5.32 Å². The van der Waals surface area contributed by atoms with Gasteiger partial charge in [-0.25, -0.2) is 4.79 Å². The van der Waals surface area contributed by atoms with Gasteiger partial charge >= 0.3 is 5.97 Å². The molecule has 2 rings (SSSR count). The topological polar surface area (TPSA) is 68.5 Å². The Labute approximate surface area is 147 Å². The van der Waals surface area contributed by atoms with Crippen molar-refractivity contribution in [3.05, 3.63) is 47.4 Å². The molecule has 0 saturated heterocycles. The van der Waals surface area contributed by atoms with E-state index in [1.807, 2.05) is 0 Å². The molecule has 0 bridgehead atoms. The third-order valence-electron chi connectivity index (χ3n) is 3.26. The van der Waals surface area contributed by atoms with Gasteiger partial charge in [0.1, 0.15) is 17.1 Å². The number of furan rings is 1. The first kappa shape index (κ1) is 19.0. The quantitative estimate of drug-likeness (QED) is 0.604. The molecule has 5 nitrogen and oxygen atoms in total. The number of aryl methyl sites for hydroxylation is 2. The third-order valence-corrected chi connectivity index (χ3v) is 3.98. The molecule has 0 aliphatic carbocycles. The largest absolute Gasteiger partial charge is 0.466 e. The summed E-state index contributed by atoms with van der Waals surface area (Å²) in [4.78, 5) is 24.5. The van der Waals surface area contributed by atoms with Gasteiger partial charge in [0.25, 0.3) is 11.7 Å². The number of amides is 1. The van der Waals surface area contributed by atoms with E-state index in [2.05, 4.69) is 5.32 Å². The van der Waals surface area contributed by atoms with Crippen molar-refractivity contribution in [3.8, 4) is 0 Å². The lowest BCUT2D eigenvalue weighted by atomic mass is 10.2. The average Bonchev–Trinajstić information content (AvgIpc) is 2.87. The van der Waals surface area contributed by atoms with Gasteiger partial charge in [-0.1, -0.05) is 11.8 Å². The number of thioether (sulfide) groups is 1. The number of hydrogen-bond donors (Lipinski definition) is 1. The second-order valence-electron chi connectivity index (χ2n) is 5.27. The maximum absolute atomic E-state index is 12.3. The summed E-state index contributed by atoms with van der Waals surface area (Å²) in [6.45, 7) is 4.78. The summed E-state index contributed by atoms with van der Waals surface area (Å²) in [5.41, 5.74) is 0.687. The highest BCUT2D eigenvalue weighted by molar-refractivity contribution is 7.99. The molecule has 2 aromatic rings.